The van der Waals surface area contributed by atoms with Crippen LogP contribution in [0.15, 0.2) is 60.7 Å². The minimum absolute atomic E-state index is 0.438. The van der Waals surface area contributed by atoms with Crippen molar-refractivity contribution in [2.45, 2.75) is 25.3 Å². The van der Waals surface area contributed by atoms with Crippen molar-refractivity contribution in [1.82, 2.24) is 5.32 Å². The number of para-hydroxylation sites is 1. The molecule has 0 bridgehead atoms. The summed E-state index contributed by atoms with van der Waals surface area (Å²) < 4.78 is 5.71. The summed E-state index contributed by atoms with van der Waals surface area (Å²) in [5.74, 6) is 0.959. The number of unbranched alkanes of at least 4 members (excludes halogenated alkanes) is 1. The molecule has 0 aromatic heterocycles. The second-order valence-corrected chi connectivity index (χ2v) is 4.91. The third kappa shape index (κ3) is 4.71. The quantitative estimate of drug-likeness (QED) is 0.725. The number of ether oxygens (including phenoxy) is 1. The first-order chi connectivity index (χ1) is 9.90. The van der Waals surface area contributed by atoms with Crippen LogP contribution < -0.4 is 10.1 Å². The van der Waals surface area contributed by atoms with Gasteiger partial charge in [-0.25, -0.2) is 0 Å². The van der Waals surface area contributed by atoms with Crippen molar-refractivity contribution >= 4 is 0 Å². The Morgan fingerprint density at radius 3 is 2.20 bits per heavy atom. The van der Waals surface area contributed by atoms with Gasteiger partial charge in [-0.3, -0.25) is 0 Å². The highest BCUT2D eigenvalue weighted by atomic mass is 16.5. The van der Waals surface area contributed by atoms with Gasteiger partial charge in [-0.2, -0.15) is 0 Å². The highest BCUT2D eigenvalue weighted by Gasteiger charge is 2.07. The van der Waals surface area contributed by atoms with Crippen molar-refractivity contribution < 1.29 is 4.74 Å². The lowest BCUT2D eigenvalue weighted by Crippen LogP contribution is -2.16. The zero-order valence-corrected chi connectivity index (χ0v) is 12.1. The van der Waals surface area contributed by atoms with E-state index in [-0.39, 0.29) is 0 Å². The Morgan fingerprint density at radius 1 is 0.900 bits per heavy atom. The molecular formula is C18H23NO. The summed E-state index contributed by atoms with van der Waals surface area (Å²) in [7, 11) is 2.03. The third-order valence-electron chi connectivity index (χ3n) is 3.45. The smallest absolute Gasteiger partial charge is 0.119 e. The van der Waals surface area contributed by atoms with Crippen LogP contribution in [-0.4, -0.2) is 13.7 Å². The zero-order valence-electron chi connectivity index (χ0n) is 12.1. The van der Waals surface area contributed by atoms with E-state index in [1.165, 1.54) is 5.56 Å². The lowest BCUT2D eigenvalue weighted by Gasteiger charge is -2.16. The van der Waals surface area contributed by atoms with E-state index in [2.05, 4.69) is 35.6 Å². The average Bonchev–Trinajstić information content (AvgIpc) is 2.53. The van der Waals surface area contributed by atoms with Crippen molar-refractivity contribution in [3.63, 3.8) is 0 Å². The van der Waals surface area contributed by atoms with Gasteiger partial charge in [0, 0.05) is 6.04 Å². The average molecular weight is 269 g/mol. The van der Waals surface area contributed by atoms with Crippen LogP contribution in [0.3, 0.4) is 0 Å². The normalized spacial score (nSPS) is 12.1. The van der Waals surface area contributed by atoms with Crippen LogP contribution in [0.2, 0.25) is 0 Å². The van der Waals surface area contributed by atoms with Gasteiger partial charge in [-0.15, -0.1) is 0 Å². The van der Waals surface area contributed by atoms with Crippen molar-refractivity contribution in [3.05, 3.63) is 66.2 Å². The molecule has 0 fully saturated rings. The summed E-state index contributed by atoms with van der Waals surface area (Å²) in [5.41, 5.74) is 1.36. The third-order valence-corrected chi connectivity index (χ3v) is 3.45. The van der Waals surface area contributed by atoms with Crippen LogP contribution in [-0.2, 0) is 0 Å². The van der Waals surface area contributed by atoms with Crippen LogP contribution in [0.1, 0.15) is 30.9 Å². The summed E-state index contributed by atoms with van der Waals surface area (Å²) in [6.07, 6.45) is 3.38. The Bertz CT molecular complexity index is 469. The molecule has 0 heterocycles. The number of rotatable bonds is 8. The fourth-order valence-electron chi connectivity index (χ4n) is 2.32. The van der Waals surface area contributed by atoms with Crippen LogP contribution >= 0.6 is 0 Å². The summed E-state index contributed by atoms with van der Waals surface area (Å²) >= 11 is 0. The van der Waals surface area contributed by atoms with Crippen molar-refractivity contribution in [3.8, 4) is 5.75 Å². The fourth-order valence-corrected chi connectivity index (χ4v) is 2.32. The summed E-state index contributed by atoms with van der Waals surface area (Å²) in [5, 5.41) is 3.39. The molecule has 1 atom stereocenters. The van der Waals surface area contributed by atoms with Gasteiger partial charge in [0.05, 0.1) is 6.61 Å². The first-order valence-electron chi connectivity index (χ1n) is 7.30. The Hall–Kier alpha value is -1.80. The van der Waals surface area contributed by atoms with Crippen molar-refractivity contribution in [1.29, 1.82) is 0 Å². The van der Waals surface area contributed by atoms with Gasteiger partial charge in [0.25, 0.3) is 0 Å². The molecule has 0 radical (unpaired) electrons. The Balaban J connectivity index is 1.67. The monoisotopic (exact) mass is 269 g/mol. The summed E-state index contributed by atoms with van der Waals surface area (Å²) in [6.45, 7) is 0.787. The Kier molecular flexibility index (Phi) is 6.12. The predicted molar refractivity (Wildman–Crippen MR) is 84.0 cm³/mol. The van der Waals surface area contributed by atoms with E-state index in [1.54, 1.807) is 0 Å². The second-order valence-electron chi connectivity index (χ2n) is 4.91. The largest absolute Gasteiger partial charge is 0.494 e. The molecule has 2 aromatic carbocycles. The maximum atomic E-state index is 5.71. The maximum absolute atomic E-state index is 5.71. The van der Waals surface area contributed by atoms with Gasteiger partial charge in [-0.05, 0) is 44.0 Å². The minimum atomic E-state index is 0.438. The van der Waals surface area contributed by atoms with Crippen molar-refractivity contribution in [2.75, 3.05) is 13.7 Å². The molecule has 106 valence electrons. The lowest BCUT2D eigenvalue weighted by molar-refractivity contribution is 0.301. The minimum Gasteiger partial charge on any atom is -0.494 e. The van der Waals surface area contributed by atoms with E-state index >= 15 is 0 Å². The molecule has 1 N–H and O–H groups in total. The lowest BCUT2D eigenvalue weighted by atomic mass is 10.0. The van der Waals surface area contributed by atoms with E-state index in [1.807, 2.05) is 37.4 Å². The van der Waals surface area contributed by atoms with Crippen LogP contribution in [0.5, 0.6) is 5.75 Å². The molecule has 1 unspecified atom stereocenters. The Labute approximate surface area is 121 Å². The fraction of sp³-hybridized carbons (Fsp3) is 0.333. The number of nitrogens with one attached hydrogen (secondary N) is 1. The van der Waals surface area contributed by atoms with Crippen LogP contribution in [0.4, 0.5) is 0 Å². The molecule has 2 heteroatoms. The highest BCUT2D eigenvalue weighted by molar-refractivity contribution is 5.21. The van der Waals surface area contributed by atoms with Gasteiger partial charge in [0.1, 0.15) is 5.75 Å². The molecule has 0 aliphatic rings. The van der Waals surface area contributed by atoms with E-state index in [0.29, 0.717) is 6.04 Å². The summed E-state index contributed by atoms with van der Waals surface area (Å²) in [4.78, 5) is 0. The summed E-state index contributed by atoms with van der Waals surface area (Å²) in [6, 6.07) is 21.1. The standard InChI is InChI=1S/C18H23NO/c1-19-18(16-10-4-2-5-11-16)14-8-9-15-20-17-12-6-3-7-13-17/h2-7,10-13,18-19H,8-9,14-15H2,1H3. The molecule has 0 amide bonds. The van der Waals surface area contributed by atoms with Gasteiger partial charge < -0.3 is 10.1 Å². The molecule has 0 saturated heterocycles. The molecule has 2 rings (SSSR count). The van der Waals surface area contributed by atoms with E-state index in [9.17, 15) is 0 Å². The van der Waals surface area contributed by atoms with Gasteiger partial charge >= 0.3 is 0 Å². The van der Waals surface area contributed by atoms with E-state index in [0.717, 1.165) is 31.6 Å². The second kappa shape index (κ2) is 8.39. The molecule has 2 aromatic rings. The van der Waals surface area contributed by atoms with Gasteiger partial charge in [0.2, 0.25) is 0 Å². The number of hydrogen-bond acceptors (Lipinski definition) is 2. The molecule has 2 nitrogen and oxygen atoms in total. The zero-order chi connectivity index (χ0) is 14.0. The van der Waals surface area contributed by atoms with Gasteiger partial charge in [-0.1, -0.05) is 48.5 Å². The molecule has 0 saturated carbocycles. The first kappa shape index (κ1) is 14.6. The van der Waals surface area contributed by atoms with Crippen molar-refractivity contribution in [2.24, 2.45) is 0 Å². The molecule has 0 aliphatic heterocycles. The van der Waals surface area contributed by atoms with E-state index in [4.69, 9.17) is 4.74 Å². The highest BCUT2D eigenvalue weighted by Crippen LogP contribution is 2.18. The van der Waals surface area contributed by atoms with Crippen LogP contribution in [0, 0.1) is 0 Å². The SMILES string of the molecule is CNC(CCCCOc1ccccc1)c1ccccc1. The molecular weight excluding hydrogens is 246 g/mol. The molecule has 20 heavy (non-hydrogen) atoms. The molecule has 0 aliphatic carbocycles. The van der Waals surface area contributed by atoms with E-state index < -0.39 is 0 Å². The number of benzene rings is 2. The number of hydrogen-bond donors (Lipinski definition) is 1. The molecule has 0 spiro atoms. The van der Waals surface area contributed by atoms with Gasteiger partial charge in [0.15, 0.2) is 0 Å². The maximum Gasteiger partial charge on any atom is 0.119 e. The van der Waals surface area contributed by atoms with Crippen LogP contribution in [0.25, 0.3) is 0 Å². The topological polar surface area (TPSA) is 21.3 Å². The predicted octanol–water partition coefficient (Wildman–Crippen LogP) is 4.20. The first-order valence-corrected chi connectivity index (χ1v) is 7.30. The Morgan fingerprint density at radius 2 is 1.55 bits per heavy atom.